The van der Waals surface area contributed by atoms with Gasteiger partial charge in [-0.2, -0.15) is 0 Å². The summed E-state index contributed by atoms with van der Waals surface area (Å²) in [4.78, 5) is 92.6. The molecule has 0 bridgehead atoms. The molecule has 0 amide bonds. The SMILES string of the molecule is CCC(C)(CC)C(=O)OCC(C)(COC(=O)C(C)(CC)CC)C(=O)OCC(C)(COC(=O)C(C)(COC(=O)C(C)(CC)CC)COC(=O)C(C)(CC)CC)C(=O)O. The number of carbonyl (C=O) groups excluding carboxylic acids is 6. The number of ether oxygens (including phenoxy) is 6. The van der Waals surface area contributed by atoms with Gasteiger partial charge in [-0.3, -0.25) is 33.6 Å². The minimum atomic E-state index is -2.01. The molecule has 57 heavy (non-hydrogen) atoms. The molecular weight excluding hydrogens is 740 g/mol. The highest BCUT2D eigenvalue weighted by Crippen LogP contribution is 2.34. The Labute approximate surface area is 341 Å². The van der Waals surface area contributed by atoms with E-state index in [4.69, 9.17) is 28.4 Å². The second-order valence-electron chi connectivity index (χ2n) is 17.5. The Bertz CT molecular complexity index is 1220. The molecule has 330 valence electrons. The van der Waals surface area contributed by atoms with Crippen molar-refractivity contribution >= 4 is 41.8 Å². The van der Waals surface area contributed by atoms with Gasteiger partial charge in [-0.25, -0.2) is 0 Å². The molecule has 0 spiro atoms. The van der Waals surface area contributed by atoms with Crippen LogP contribution in [0.4, 0.5) is 0 Å². The van der Waals surface area contributed by atoms with Gasteiger partial charge in [0.2, 0.25) is 0 Å². The number of rotatable bonds is 27. The summed E-state index contributed by atoms with van der Waals surface area (Å²) in [6.07, 6.45) is 3.76. The molecule has 1 N–H and O–H groups in total. The molecule has 0 aromatic heterocycles. The van der Waals surface area contributed by atoms with Gasteiger partial charge in [-0.1, -0.05) is 55.4 Å². The first kappa shape index (κ1) is 53.3. The van der Waals surface area contributed by atoms with Crippen LogP contribution in [-0.2, 0) is 62.0 Å². The van der Waals surface area contributed by atoms with E-state index < -0.39 is 119 Å². The monoisotopic (exact) mass is 815 g/mol. The Morgan fingerprint density at radius 3 is 0.579 bits per heavy atom. The molecule has 0 heterocycles. The molecule has 0 saturated carbocycles. The van der Waals surface area contributed by atoms with Crippen molar-refractivity contribution in [2.75, 3.05) is 39.6 Å². The van der Waals surface area contributed by atoms with E-state index in [2.05, 4.69) is 0 Å². The fraction of sp³-hybridized carbons (Fsp3) is 0.837. The maximum absolute atomic E-state index is 13.8. The Balaban J connectivity index is 6.44. The predicted octanol–water partition coefficient (Wildman–Crippen LogP) is 7.65. The topological polar surface area (TPSA) is 195 Å². The fourth-order valence-electron chi connectivity index (χ4n) is 5.03. The number of carbonyl (C=O) groups is 7. The second-order valence-corrected chi connectivity index (χ2v) is 17.5. The van der Waals surface area contributed by atoms with Crippen molar-refractivity contribution < 1.29 is 67.1 Å². The van der Waals surface area contributed by atoms with Crippen LogP contribution < -0.4 is 0 Å². The van der Waals surface area contributed by atoms with Crippen LogP contribution in [0.3, 0.4) is 0 Å². The van der Waals surface area contributed by atoms with Crippen LogP contribution in [0.1, 0.15) is 155 Å². The minimum absolute atomic E-state index is 0.469. The Morgan fingerprint density at radius 1 is 0.298 bits per heavy atom. The van der Waals surface area contributed by atoms with Crippen molar-refractivity contribution in [2.24, 2.45) is 37.9 Å². The van der Waals surface area contributed by atoms with Gasteiger partial charge in [0.05, 0.1) is 21.7 Å². The van der Waals surface area contributed by atoms with Gasteiger partial charge in [-0.15, -0.1) is 0 Å². The van der Waals surface area contributed by atoms with E-state index in [0.717, 1.165) is 0 Å². The Kier molecular flexibility index (Phi) is 20.5. The van der Waals surface area contributed by atoms with Gasteiger partial charge in [-0.05, 0) is 99.8 Å². The summed E-state index contributed by atoms with van der Waals surface area (Å²) in [6.45, 7) is 21.9. The Morgan fingerprint density at radius 2 is 0.439 bits per heavy atom. The molecule has 0 radical (unpaired) electrons. The molecular formula is C43H74O14. The van der Waals surface area contributed by atoms with Gasteiger partial charge in [0.25, 0.3) is 0 Å². The quantitative estimate of drug-likeness (QED) is 0.0627. The zero-order chi connectivity index (χ0) is 44.7. The molecule has 0 aromatic rings. The van der Waals surface area contributed by atoms with E-state index in [1.54, 1.807) is 27.7 Å². The number of carboxylic acids is 1. The number of hydrogen-bond donors (Lipinski definition) is 1. The average Bonchev–Trinajstić information content (AvgIpc) is 3.22. The van der Waals surface area contributed by atoms with Crippen molar-refractivity contribution in [2.45, 2.75) is 155 Å². The molecule has 0 unspecified atom stereocenters. The molecule has 0 aromatic carbocycles. The highest BCUT2D eigenvalue weighted by Gasteiger charge is 2.47. The van der Waals surface area contributed by atoms with E-state index in [9.17, 15) is 38.7 Å². The molecule has 0 saturated heterocycles. The van der Waals surface area contributed by atoms with Crippen molar-refractivity contribution in [3.8, 4) is 0 Å². The Hall–Kier alpha value is -3.71. The summed E-state index contributed by atoms with van der Waals surface area (Å²) in [5.74, 6) is -5.75. The zero-order valence-electron chi connectivity index (χ0n) is 37.7. The van der Waals surface area contributed by atoms with Gasteiger partial charge in [0.15, 0.2) is 0 Å². The summed E-state index contributed by atoms with van der Waals surface area (Å²) in [6, 6.07) is 0. The average molecular weight is 815 g/mol. The lowest BCUT2D eigenvalue weighted by Gasteiger charge is -2.33. The molecule has 0 atom stereocenters. The van der Waals surface area contributed by atoms with Crippen molar-refractivity contribution in [3.05, 3.63) is 0 Å². The van der Waals surface area contributed by atoms with E-state index >= 15 is 0 Å². The van der Waals surface area contributed by atoms with Crippen LogP contribution in [0.5, 0.6) is 0 Å². The lowest BCUT2D eigenvalue weighted by molar-refractivity contribution is -0.182. The summed E-state index contributed by atoms with van der Waals surface area (Å²) in [5, 5.41) is 10.3. The smallest absolute Gasteiger partial charge is 0.318 e. The maximum Gasteiger partial charge on any atom is 0.318 e. The van der Waals surface area contributed by atoms with Gasteiger partial charge < -0.3 is 33.5 Å². The third kappa shape index (κ3) is 13.7. The molecule has 14 nitrogen and oxygen atoms in total. The standard InChI is InChI=1S/C43H74O14/c1-16-37(9,17-2)31(46)54-26-42(14,27-55-32(47)38(10,18-3)19-4)35(50)52-24-41(13,30(44)45)25-53-36(51)43(15,28-56-33(48)39(11,20-5)21-6)29-57-34(49)40(12,22-7)23-8/h16-29H2,1-15H3,(H,44,45). The zero-order valence-corrected chi connectivity index (χ0v) is 37.7. The summed E-state index contributed by atoms with van der Waals surface area (Å²) in [7, 11) is 0. The number of hydrogen-bond acceptors (Lipinski definition) is 13. The molecule has 14 heteroatoms. The van der Waals surface area contributed by atoms with Crippen molar-refractivity contribution in [1.29, 1.82) is 0 Å². The van der Waals surface area contributed by atoms with Crippen molar-refractivity contribution in [1.82, 2.24) is 0 Å². The maximum atomic E-state index is 13.8. The normalized spacial score (nSPS) is 13.0. The molecule has 0 aliphatic carbocycles. The first-order valence-corrected chi connectivity index (χ1v) is 20.5. The van der Waals surface area contributed by atoms with E-state index in [-0.39, 0.29) is 0 Å². The third-order valence-electron chi connectivity index (χ3n) is 12.8. The first-order chi connectivity index (χ1) is 26.2. The second kappa shape index (κ2) is 21.9. The fourth-order valence-corrected chi connectivity index (χ4v) is 5.03. The summed E-state index contributed by atoms with van der Waals surface area (Å²) >= 11 is 0. The molecule has 0 aliphatic heterocycles. The first-order valence-electron chi connectivity index (χ1n) is 20.5. The lowest BCUT2D eigenvalue weighted by atomic mass is 9.84. The van der Waals surface area contributed by atoms with E-state index in [1.807, 2.05) is 55.4 Å². The van der Waals surface area contributed by atoms with Crippen LogP contribution in [0.25, 0.3) is 0 Å². The lowest BCUT2D eigenvalue weighted by Crippen LogP contribution is -2.47. The van der Waals surface area contributed by atoms with Gasteiger partial charge >= 0.3 is 41.8 Å². The number of esters is 6. The highest BCUT2D eigenvalue weighted by atomic mass is 16.6. The highest BCUT2D eigenvalue weighted by molar-refractivity contribution is 5.83. The number of carboxylic acid groups (broad SMARTS) is 1. The van der Waals surface area contributed by atoms with Crippen LogP contribution in [0.2, 0.25) is 0 Å². The van der Waals surface area contributed by atoms with Gasteiger partial charge in [0, 0.05) is 0 Å². The molecule has 0 fully saturated rings. The molecule has 0 aliphatic rings. The number of aliphatic carboxylic acids is 1. The minimum Gasteiger partial charge on any atom is -0.481 e. The van der Waals surface area contributed by atoms with Crippen LogP contribution in [0, 0.1) is 37.9 Å². The predicted molar refractivity (Wildman–Crippen MR) is 212 cm³/mol. The van der Waals surface area contributed by atoms with Crippen LogP contribution in [-0.4, -0.2) is 86.5 Å². The largest absolute Gasteiger partial charge is 0.481 e. The van der Waals surface area contributed by atoms with E-state index in [1.165, 1.54) is 20.8 Å². The van der Waals surface area contributed by atoms with Gasteiger partial charge in [0.1, 0.15) is 55.9 Å². The van der Waals surface area contributed by atoms with Crippen LogP contribution in [0.15, 0.2) is 0 Å². The van der Waals surface area contributed by atoms with Crippen LogP contribution >= 0.6 is 0 Å². The van der Waals surface area contributed by atoms with E-state index in [0.29, 0.717) is 51.4 Å². The summed E-state index contributed by atoms with van der Waals surface area (Å²) in [5.41, 5.74) is -8.83. The third-order valence-corrected chi connectivity index (χ3v) is 12.8. The van der Waals surface area contributed by atoms with Crippen molar-refractivity contribution in [3.63, 3.8) is 0 Å². The summed E-state index contributed by atoms with van der Waals surface area (Å²) < 4.78 is 33.5. The molecule has 0 rings (SSSR count).